The van der Waals surface area contributed by atoms with E-state index in [-0.39, 0.29) is 10.7 Å². The fraction of sp³-hybridized carbons (Fsp3) is 0.462. The topological polar surface area (TPSA) is 26.3 Å². The molecule has 0 bridgehead atoms. The number of hydrogen-bond donors (Lipinski definition) is 0. The Balaban J connectivity index is 2.35. The van der Waals surface area contributed by atoms with Crippen LogP contribution in [-0.4, -0.2) is 10.7 Å². The van der Waals surface area contributed by atoms with Gasteiger partial charge in [0.15, 0.2) is 10.7 Å². The molecule has 1 unspecified atom stereocenters. The molecule has 86 valence electrons. The number of Topliss-reactive ketones (excluding diaryl/α,β-unsaturated/α-hetero) is 1. The third kappa shape index (κ3) is 1.84. The van der Waals surface area contributed by atoms with Gasteiger partial charge in [-0.05, 0) is 32.0 Å². The van der Waals surface area contributed by atoms with Crippen molar-refractivity contribution in [2.75, 3.05) is 0 Å². The number of hydrogen-bond acceptors (Lipinski definition) is 3. The van der Waals surface area contributed by atoms with Crippen molar-refractivity contribution in [3.63, 3.8) is 0 Å². The van der Waals surface area contributed by atoms with Crippen LogP contribution >= 0.6 is 11.8 Å². The lowest BCUT2D eigenvalue weighted by Crippen LogP contribution is -2.30. The molecule has 0 fully saturated rings. The SMILES string of the molecule is CC(=O)c1ccc2c(c1)SC(C)(C(C)C)O2. The molecule has 1 atom stereocenters. The molecule has 0 N–H and O–H groups in total. The van der Waals surface area contributed by atoms with Crippen molar-refractivity contribution in [2.24, 2.45) is 5.92 Å². The molecule has 0 radical (unpaired) electrons. The van der Waals surface area contributed by atoms with Crippen LogP contribution in [0.25, 0.3) is 0 Å². The Morgan fingerprint density at radius 2 is 2.12 bits per heavy atom. The molecule has 0 spiro atoms. The number of rotatable bonds is 2. The lowest BCUT2D eigenvalue weighted by molar-refractivity contribution is 0.101. The van der Waals surface area contributed by atoms with E-state index in [0.29, 0.717) is 5.92 Å². The van der Waals surface area contributed by atoms with E-state index in [4.69, 9.17) is 4.74 Å². The highest BCUT2D eigenvalue weighted by Gasteiger charge is 2.38. The summed E-state index contributed by atoms with van der Waals surface area (Å²) in [4.78, 5) is 12.2. The Morgan fingerprint density at radius 1 is 1.44 bits per heavy atom. The first kappa shape index (κ1) is 11.5. The van der Waals surface area contributed by atoms with Crippen molar-refractivity contribution in [1.29, 1.82) is 0 Å². The Bertz CT molecular complexity index is 440. The van der Waals surface area contributed by atoms with E-state index in [1.54, 1.807) is 18.7 Å². The number of ether oxygens (including phenoxy) is 1. The standard InChI is InChI=1S/C13H16O2S/c1-8(2)13(4)15-11-6-5-10(9(3)14)7-12(11)16-13/h5-8H,1-4H3. The monoisotopic (exact) mass is 236 g/mol. The highest BCUT2D eigenvalue weighted by Crippen LogP contribution is 2.50. The molecule has 0 aliphatic carbocycles. The van der Waals surface area contributed by atoms with Crippen LogP contribution in [-0.2, 0) is 0 Å². The zero-order valence-corrected chi connectivity index (χ0v) is 10.9. The highest BCUT2D eigenvalue weighted by molar-refractivity contribution is 8.00. The summed E-state index contributed by atoms with van der Waals surface area (Å²) < 4.78 is 5.94. The van der Waals surface area contributed by atoms with Crippen molar-refractivity contribution in [3.05, 3.63) is 23.8 Å². The van der Waals surface area contributed by atoms with Crippen molar-refractivity contribution in [3.8, 4) is 5.75 Å². The van der Waals surface area contributed by atoms with Gasteiger partial charge in [0.05, 0.1) is 4.90 Å². The normalized spacial score (nSPS) is 23.1. The summed E-state index contributed by atoms with van der Waals surface area (Å²) in [6, 6.07) is 5.65. The number of fused-ring (bicyclic) bond motifs is 1. The van der Waals surface area contributed by atoms with Gasteiger partial charge in [-0.15, -0.1) is 0 Å². The second-order valence-corrected chi connectivity index (χ2v) is 6.05. The van der Waals surface area contributed by atoms with Crippen LogP contribution < -0.4 is 4.74 Å². The first-order valence-corrected chi connectivity index (χ1v) is 6.27. The van der Waals surface area contributed by atoms with Gasteiger partial charge in [-0.1, -0.05) is 25.6 Å². The van der Waals surface area contributed by atoms with Gasteiger partial charge in [0.25, 0.3) is 0 Å². The van der Waals surface area contributed by atoms with Gasteiger partial charge in [0.1, 0.15) is 5.75 Å². The van der Waals surface area contributed by atoms with Crippen molar-refractivity contribution < 1.29 is 9.53 Å². The molecular weight excluding hydrogens is 220 g/mol. The maximum atomic E-state index is 11.3. The quantitative estimate of drug-likeness (QED) is 0.732. The molecule has 0 aromatic heterocycles. The predicted molar refractivity (Wildman–Crippen MR) is 66.2 cm³/mol. The van der Waals surface area contributed by atoms with Crippen molar-refractivity contribution >= 4 is 17.5 Å². The van der Waals surface area contributed by atoms with E-state index in [9.17, 15) is 4.79 Å². The molecule has 0 saturated heterocycles. The Morgan fingerprint density at radius 3 is 2.69 bits per heavy atom. The second kappa shape index (κ2) is 3.81. The maximum Gasteiger partial charge on any atom is 0.159 e. The van der Waals surface area contributed by atoms with E-state index in [0.717, 1.165) is 16.2 Å². The Labute approximate surface area is 100 Å². The van der Waals surface area contributed by atoms with E-state index in [2.05, 4.69) is 20.8 Å². The van der Waals surface area contributed by atoms with E-state index < -0.39 is 0 Å². The van der Waals surface area contributed by atoms with E-state index in [1.807, 2.05) is 18.2 Å². The molecule has 0 amide bonds. The van der Waals surface area contributed by atoms with Gasteiger partial charge in [-0.25, -0.2) is 0 Å². The molecule has 3 heteroatoms. The minimum Gasteiger partial charge on any atom is -0.475 e. The number of thioether (sulfide) groups is 1. The average molecular weight is 236 g/mol. The minimum absolute atomic E-state index is 0.0987. The van der Waals surface area contributed by atoms with Crippen LogP contribution in [0.5, 0.6) is 5.75 Å². The summed E-state index contributed by atoms with van der Waals surface area (Å²) in [6.45, 7) is 7.97. The van der Waals surface area contributed by atoms with Crippen LogP contribution in [0.15, 0.2) is 23.1 Å². The van der Waals surface area contributed by atoms with Gasteiger partial charge < -0.3 is 4.74 Å². The first-order chi connectivity index (χ1) is 7.42. The van der Waals surface area contributed by atoms with Crippen LogP contribution in [0.3, 0.4) is 0 Å². The number of benzene rings is 1. The van der Waals surface area contributed by atoms with E-state index >= 15 is 0 Å². The van der Waals surface area contributed by atoms with Crippen LogP contribution in [0.4, 0.5) is 0 Å². The molecule has 2 rings (SSSR count). The molecule has 16 heavy (non-hydrogen) atoms. The van der Waals surface area contributed by atoms with Crippen LogP contribution in [0.2, 0.25) is 0 Å². The van der Waals surface area contributed by atoms with Crippen molar-refractivity contribution in [2.45, 2.75) is 37.5 Å². The summed E-state index contributed by atoms with van der Waals surface area (Å²) in [5.74, 6) is 1.42. The third-order valence-electron chi connectivity index (χ3n) is 3.02. The van der Waals surface area contributed by atoms with Gasteiger partial charge in [0.2, 0.25) is 0 Å². The number of ketones is 1. The second-order valence-electron chi connectivity index (χ2n) is 4.59. The van der Waals surface area contributed by atoms with Gasteiger partial charge in [-0.2, -0.15) is 0 Å². The van der Waals surface area contributed by atoms with Crippen LogP contribution in [0.1, 0.15) is 38.1 Å². The van der Waals surface area contributed by atoms with Gasteiger partial charge in [0, 0.05) is 11.5 Å². The number of carbonyl (C=O) groups is 1. The molecule has 0 saturated carbocycles. The molecule has 1 aliphatic rings. The van der Waals surface area contributed by atoms with Gasteiger partial charge in [-0.3, -0.25) is 4.79 Å². The molecule has 1 aromatic rings. The molecule has 2 nitrogen and oxygen atoms in total. The predicted octanol–water partition coefficient (Wildman–Crippen LogP) is 3.75. The zero-order chi connectivity index (χ0) is 11.9. The van der Waals surface area contributed by atoms with Gasteiger partial charge >= 0.3 is 0 Å². The van der Waals surface area contributed by atoms with E-state index in [1.165, 1.54) is 0 Å². The Kier molecular flexibility index (Phi) is 2.74. The molecule has 1 aromatic carbocycles. The lowest BCUT2D eigenvalue weighted by Gasteiger charge is -2.26. The fourth-order valence-corrected chi connectivity index (χ4v) is 2.78. The smallest absolute Gasteiger partial charge is 0.159 e. The summed E-state index contributed by atoms with van der Waals surface area (Å²) in [5.41, 5.74) is 0.753. The summed E-state index contributed by atoms with van der Waals surface area (Å²) in [6.07, 6.45) is 0. The highest BCUT2D eigenvalue weighted by atomic mass is 32.2. The number of carbonyl (C=O) groups excluding carboxylic acids is 1. The van der Waals surface area contributed by atoms with Crippen LogP contribution in [0, 0.1) is 5.92 Å². The summed E-state index contributed by atoms with van der Waals surface area (Å²) in [7, 11) is 0. The summed E-state index contributed by atoms with van der Waals surface area (Å²) in [5, 5.41) is 0. The largest absolute Gasteiger partial charge is 0.475 e. The lowest BCUT2D eigenvalue weighted by atomic mass is 10.1. The first-order valence-electron chi connectivity index (χ1n) is 5.45. The third-order valence-corrected chi connectivity index (χ3v) is 4.52. The summed E-state index contributed by atoms with van der Waals surface area (Å²) >= 11 is 1.70. The Hall–Kier alpha value is -0.960. The maximum absolute atomic E-state index is 11.3. The zero-order valence-electron chi connectivity index (χ0n) is 10.0. The molecule has 1 heterocycles. The molecular formula is C13H16O2S. The molecule has 1 aliphatic heterocycles. The average Bonchev–Trinajstić information content (AvgIpc) is 2.54. The van der Waals surface area contributed by atoms with Crippen molar-refractivity contribution in [1.82, 2.24) is 0 Å². The minimum atomic E-state index is -0.211. The fourth-order valence-electron chi connectivity index (χ4n) is 1.58.